The zero-order valence-electron chi connectivity index (χ0n) is 9.16. The third-order valence-electron chi connectivity index (χ3n) is 2.49. The predicted molar refractivity (Wildman–Crippen MR) is 57.1 cm³/mol. The zero-order chi connectivity index (χ0) is 11.3. The number of hydrogen-bond donors (Lipinski definition) is 2. The number of rotatable bonds is 4. The van der Waals surface area contributed by atoms with Gasteiger partial charge in [0.15, 0.2) is 0 Å². The maximum atomic E-state index is 11.6. The standard InChI is InChI=1S/C10H19N3O2/c1-2-3-9(14)12-6-10(15)13-5-4-8(11)7-13/h8H,2-7,11H2,1H3,(H,12,14)/t8-/m1/s1. The van der Waals surface area contributed by atoms with Crippen molar-refractivity contribution >= 4 is 11.8 Å². The molecule has 0 unspecified atom stereocenters. The van der Waals surface area contributed by atoms with E-state index in [0.29, 0.717) is 19.5 Å². The number of carbonyl (C=O) groups is 2. The summed E-state index contributed by atoms with van der Waals surface area (Å²) in [5, 5.41) is 2.60. The molecule has 1 fully saturated rings. The topological polar surface area (TPSA) is 75.4 Å². The third-order valence-corrected chi connectivity index (χ3v) is 2.49. The molecule has 5 nitrogen and oxygen atoms in total. The molecule has 0 spiro atoms. The SMILES string of the molecule is CCCC(=O)NCC(=O)N1CC[C@@H](N)C1. The van der Waals surface area contributed by atoms with Crippen LogP contribution in [0.2, 0.25) is 0 Å². The van der Waals surface area contributed by atoms with Gasteiger partial charge in [-0.05, 0) is 12.8 Å². The van der Waals surface area contributed by atoms with Crippen molar-refractivity contribution in [3.8, 4) is 0 Å². The molecule has 1 aliphatic heterocycles. The lowest BCUT2D eigenvalue weighted by Crippen LogP contribution is -2.40. The van der Waals surface area contributed by atoms with Crippen molar-refractivity contribution in [2.45, 2.75) is 32.2 Å². The number of likely N-dealkylation sites (tertiary alicyclic amines) is 1. The van der Waals surface area contributed by atoms with Crippen LogP contribution in [0.4, 0.5) is 0 Å². The molecule has 0 bridgehead atoms. The van der Waals surface area contributed by atoms with Gasteiger partial charge in [0.25, 0.3) is 0 Å². The fourth-order valence-corrected chi connectivity index (χ4v) is 1.62. The van der Waals surface area contributed by atoms with Gasteiger partial charge in [-0.15, -0.1) is 0 Å². The second-order valence-electron chi connectivity index (χ2n) is 3.92. The summed E-state index contributed by atoms with van der Waals surface area (Å²) in [7, 11) is 0. The largest absolute Gasteiger partial charge is 0.347 e. The van der Waals surface area contributed by atoms with Gasteiger partial charge < -0.3 is 16.0 Å². The van der Waals surface area contributed by atoms with Crippen LogP contribution in [-0.2, 0) is 9.59 Å². The van der Waals surface area contributed by atoms with Crippen LogP contribution in [0.1, 0.15) is 26.2 Å². The maximum Gasteiger partial charge on any atom is 0.242 e. The minimum absolute atomic E-state index is 0.0348. The molecule has 0 saturated carbocycles. The summed E-state index contributed by atoms with van der Waals surface area (Å²) >= 11 is 0. The van der Waals surface area contributed by atoms with Crippen LogP contribution in [0.25, 0.3) is 0 Å². The highest BCUT2D eigenvalue weighted by Crippen LogP contribution is 2.06. The van der Waals surface area contributed by atoms with E-state index in [-0.39, 0.29) is 24.4 Å². The first-order chi connectivity index (χ1) is 7.13. The van der Waals surface area contributed by atoms with E-state index in [1.54, 1.807) is 4.90 Å². The van der Waals surface area contributed by atoms with Crippen molar-refractivity contribution in [1.29, 1.82) is 0 Å². The van der Waals surface area contributed by atoms with Crippen LogP contribution in [0.5, 0.6) is 0 Å². The van der Waals surface area contributed by atoms with Gasteiger partial charge in [0, 0.05) is 25.6 Å². The normalized spacial score (nSPS) is 20.4. The van der Waals surface area contributed by atoms with E-state index in [4.69, 9.17) is 5.73 Å². The number of nitrogens with zero attached hydrogens (tertiary/aromatic N) is 1. The Morgan fingerprint density at radius 2 is 2.27 bits per heavy atom. The molecule has 2 amide bonds. The van der Waals surface area contributed by atoms with Gasteiger partial charge in [0.2, 0.25) is 11.8 Å². The average Bonchev–Trinajstić information content (AvgIpc) is 2.62. The highest BCUT2D eigenvalue weighted by molar-refractivity contribution is 5.84. The van der Waals surface area contributed by atoms with Crippen molar-refractivity contribution in [1.82, 2.24) is 10.2 Å². The van der Waals surface area contributed by atoms with Gasteiger partial charge in [0.05, 0.1) is 6.54 Å². The Hall–Kier alpha value is -1.10. The Morgan fingerprint density at radius 1 is 1.53 bits per heavy atom. The average molecular weight is 213 g/mol. The second-order valence-corrected chi connectivity index (χ2v) is 3.92. The van der Waals surface area contributed by atoms with E-state index in [0.717, 1.165) is 12.8 Å². The Bertz CT molecular complexity index is 243. The maximum absolute atomic E-state index is 11.6. The molecule has 1 heterocycles. The van der Waals surface area contributed by atoms with E-state index in [1.165, 1.54) is 0 Å². The van der Waals surface area contributed by atoms with Gasteiger partial charge in [-0.1, -0.05) is 6.92 Å². The van der Waals surface area contributed by atoms with E-state index in [9.17, 15) is 9.59 Å². The molecule has 1 aliphatic rings. The predicted octanol–water partition coefficient (Wildman–Crippen LogP) is -0.538. The summed E-state index contributed by atoms with van der Waals surface area (Å²) in [6.07, 6.45) is 2.13. The molecule has 3 N–H and O–H groups in total. The summed E-state index contributed by atoms with van der Waals surface area (Å²) < 4.78 is 0. The molecule has 1 rings (SSSR count). The first-order valence-electron chi connectivity index (χ1n) is 5.43. The minimum atomic E-state index is -0.0608. The van der Waals surface area contributed by atoms with Crippen molar-refractivity contribution in [2.75, 3.05) is 19.6 Å². The number of hydrogen-bond acceptors (Lipinski definition) is 3. The molecule has 0 radical (unpaired) electrons. The molecule has 0 aliphatic carbocycles. The Kier molecular flexibility index (Phi) is 4.55. The van der Waals surface area contributed by atoms with Crippen LogP contribution in [-0.4, -0.2) is 42.4 Å². The lowest BCUT2D eigenvalue weighted by Gasteiger charge is -2.15. The lowest BCUT2D eigenvalue weighted by molar-refractivity contribution is -0.132. The van der Waals surface area contributed by atoms with Crippen LogP contribution in [0.15, 0.2) is 0 Å². The van der Waals surface area contributed by atoms with E-state index < -0.39 is 0 Å². The minimum Gasteiger partial charge on any atom is -0.347 e. The van der Waals surface area contributed by atoms with Gasteiger partial charge in [-0.2, -0.15) is 0 Å². The quantitative estimate of drug-likeness (QED) is 0.658. The zero-order valence-corrected chi connectivity index (χ0v) is 9.16. The number of nitrogens with two attached hydrogens (primary N) is 1. The summed E-state index contributed by atoms with van der Waals surface area (Å²) in [5.41, 5.74) is 5.69. The summed E-state index contributed by atoms with van der Waals surface area (Å²) in [6.45, 7) is 3.36. The lowest BCUT2D eigenvalue weighted by atomic mass is 10.3. The van der Waals surface area contributed by atoms with Crippen molar-refractivity contribution < 1.29 is 9.59 Å². The molecule has 0 aromatic rings. The number of amides is 2. The molecule has 1 atom stereocenters. The van der Waals surface area contributed by atoms with Crippen LogP contribution in [0.3, 0.4) is 0 Å². The fraction of sp³-hybridized carbons (Fsp3) is 0.800. The number of carbonyl (C=O) groups excluding carboxylic acids is 2. The van der Waals surface area contributed by atoms with Crippen molar-refractivity contribution in [3.05, 3.63) is 0 Å². The fourth-order valence-electron chi connectivity index (χ4n) is 1.62. The molecule has 1 saturated heterocycles. The van der Waals surface area contributed by atoms with E-state index in [1.807, 2.05) is 6.92 Å². The van der Waals surface area contributed by atoms with Gasteiger partial charge >= 0.3 is 0 Å². The smallest absolute Gasteiger partial charge is 0.242 e. The van der Waals surface area contributed by atoms with Gasteiger partial charge in [-0.3, -0.25) is 9.59 Å². The molecule has 86 valence electrons. The highest BCUT2D eigenvalue weighted by atomic mass is 16.2. The Morgan fingerprint density at radius 3 is 2.80 bits per heavy atom. The Labute approximate surface area is 90.0 Å². The van der Waals surface area contributed by atoms with Crippen molar-refractivity contribution in [3.63, 3.8) is 0 Å². The van der Waals surface area contributed by atoms with Crippen LogP contribution in [0, 0.1) is 0 Å². The van der Waals surface area contributed by atoms with Crippen molar-refractivity contribution in [2.24, 2.45) is 5.73 Å². The molecule has 0 aromatic carbocycles. The number of nitrogens with one attached hydrogen (secondary N) is 1. The highest BCUT2D eigenvalue weighted by Gasteiger charge is 2.23. The molecular formula is C10H19N3O2. The summed E-state index contributed by atoms with van der Waals surface area (Å²) in [4.78, 5) is 24.4. The van der Waals surface area contributed by atoms with Crippen LogP contribution < -0.4 is 11.1 Å². The Balaban J connectivity index is 2.21. The summed E-state index contributed by atoms with van der Waals surface area (Å²) in [5.74, 6) is -0.0956. The van der Waals surface area contributed by atoms with Gasteiger partial charge in [-0.25, -0.2) is 0 Å². The molecular weight excluding hydrogens is 194 g/mol. The monoisotopic (exact) mass is 213 g/mol. The van der Waals surface area contributed by atoms with E-state index >= 15 is 0 Å². The molecule has 15 heavy (non-hydrogen) atoms. The molecule has 5 heteroatoms. The molecule has 0 aromatic heterocycles. The van der Waals surface area contributed by atoms with Crippen LogP contribution >= 0.6 is 0 Å². The first kappa shape index (κ1) is 12.0. The second kappa shape index (κ2) is 5.70. The van der Waals surface area contributed by atoms with Gasteiger partial charge in [0.1, 0.15) is 0 Å². The third kappa shape index (κ3) is 3.87. The summed E-state index contributed by atoms with van der Waals surface area (Å²) in [6, 6.07) is 0.0975. The first-order valence-corrected chi connectivity index (χ1v) is 5.43. The van der Waals surface area contributed by atoms with E-state index in [2.05, 4.69) is 5.32 Å².